The number of hydrogen-bond acceptors (Lipinski definition) is 2. The molecule has 1 radical (unpaired) electrons. The molecule has 0 spiro atoms. The molecule has 1 heterocycles. The molecule has 7 heavy (non-hydrogen) atoms. The van der Waals surface area contributed by atoms with E-state index in [1.165, 1.54) is 0 Å². The molecule has 0 atom stereocenters. The van der Waals surface area contributed by atoms with Gasteiger partial charge in [0.15, 0.2) is 0 Å². The fourth-order valence-electron chi connectivity index (χ4n) is 0.530. The topological polar surface area (TPSA) is 20.5 Å². The van der Waals surface area contributed by atoms with Crippen molar-refractivity contribution < 1.29 is 9.47 Å². The Morgan fingerprint density at radius 1 is 1.57 bits per heavy atom. The van der Waals surface area contributed by atoms with Crippen LogP contribution in [0.1, 0.15) is 13.8 Å². The maximum atomic E-state index is 5.12. The summed E-state index contributed by atoms with van der Waals surface area (Å²) in [4.78, 5) is 0. The lowest BCUT2D eigenvalue weighted by Crippen LogP contribution is -2.20. The molecule has 0 saturated carbocycles. The van der Waals surface area contributed by atoms with Crippen LogP contribution in [0.4, 0.5) is 0 Å². The van der Waals surface area contributed by atoms with E-state index in [4.69, 9.17) is 9.47 Å². The van der Waals surface area contributed by atoms with Crippen LogP contribution >= 0.6 is 0 Å². The normalized spacial score (nSPS) is 28.3. The molecule has 1 saturated heterocycles. The molecule has 0 aliphatic carbocycles. The summed E-state index contributed by atoms with van der Waals surface area (Å²) in [6, 6.07) is 0. The lowest BCUT2D eigenvalue weighted by Gasteiger charge is -2.05. The van der Waals surface area contributed by atoms with Crippen LogP contribution in [0.25, 0.3) is 0 Å². The van der Waals surface area contributed by atoms with Crippen LogP contribution in [-0.2, 0) is 9.47 Å². The van der Waals surface area contributed by atoms with Crippen LogP contribution < -0.4 is 0 Å². The van der Waals surface area contributed by atoms with Gasteiger partial charge in [0, 0.05) is 0 Å². The van der Waals surface area contributed by atoms with Gasteiger partial charge in [-0.1, -0.05) is 0 Å². The molecule has 0 bridgehead atoms. The Hall–Kier alpha value is -0.0800. The van der Waals surface area contributed by atoms with Crippen molar-refractivity contribution in [2.24, 2.45) is 0 Å². The molecule has 1 aliphatic rings. The monoisotopic (exact) mass is 102 g/mol. The predicted octanol–water partition coefficient (Wildman–Crippen LogP) is 0.769. The van der Waals surface area contributed by atoms with E-state index in [1.54, 1.807) is 0 Å². The third-order valence-electron chi connectivity index (χ3n) is 0.983. The minimum Gasteiger partial charge on any atom is -0.295 e. The van der Waals surface area contributed by atoms with Crippen LogP contribution in [0.2, 0.25) is 0 Å². The first-order valence-electron chi connectivity index (χ1n) is 2.42. The van der Waals surface area contributed by atoms with E-state index in [0.29, 0.717) is 6.79 Å². The third-order valence-corrected chi connectivity index (χ3v) is 0.983. The van der Waals surface area contributed by atoms with Gasteiger partial charge in [0.1, 0.15) is 5.60 Å². The molecule has 0 amide bonds. The van der Waals surface area contributed by atoms with Crippen LogP contribution in [0.3, 0.4) is 0 Å². The fourth-order valence-corrected chi connectivity index (χ4v) is 0.530. The standard InChI is InChI=1S/C5H10O2/c1-5(2)3-6-4-7-5/h3-4H2,1-2H3/q+1. The molecule has 1 rings (SSSR count). The van der Waals surface area contributed by atoms with Crippen molar-refractivity contribution in [3.8, 4) is 0 Å². The molecule has 2 heteroatoms. The molecule has 0 aromatic rings. The third kappa shape index (κ3) is 1.14. The van der Waals surface area contributed by atoms with E-state index in [2.05, 4.69) is 0 Å². The first-order chi connectivity index (χ1) is 3.21. The van der Waals surface area contributed by atoms with E-state index in [9.17, 15) is 0 Å². The highest BCUT2D eigenvalue weighted by atomic mass is 16.7. The first-order valence-corrected chi connectivity index (χ1v) is 2.42. The Bertz CT molecular complexity index is 60.5. The Morgan fingerprint density at radius 2 is 2.29 bits per heavy atom. The van der Waals surface area contributed by atoms with Crippen LogP contribution in [0.15, 0.2) is 0 Å². The summed E-state index contributed by atoms with van der Waals surface area (Å²) in [5.41, 5.74) is -0.0278. The zero-order valence-corrected chi connectivity index (χ0v) is 4.73. The Labute approximate surface area is 43.4 Å². The molecule has 0 unspecified atom stereocenters. The zero-order valence-electron chi connectivity index (χ0n) is 4.73. The largest absolute Gasteiger partial charge is 0.328 e. The van der Waals surface area contributed by atoms with Gasteiger partial charge in [0.2, 0.25) is 0 Å². The van der Waals surface area contributed by atoms with Crippen molar-refractivity contribution in [2.45, 2.75) is 19.4 Å². The maximum absolute atomic E-state index is 5.12. The van der Waals surface area contributed by atoms with Gasteiger partial charge < -0.3 is 0 Å². The second-order valence-corrected chi connectivity index (χ2v) is 2.37. The molecule has 2 nitrogen and oxygen atoms in total. The van der Waals surface area contributed by atoms with Gasteiger partial charge in [0.05, 0.1) is 0 Å². The fraction of sp³-hybridized carbons (Fsp3) is 1.00. The average Bonchev–Trinajstić information content (AvgIpc) is 1.84. The summed E-state index contributed by atoms with van der Waals surface area (Å²) in [5, 5.41) is 0. The van der Waals surface area contributed by atoms with Crippen LogP contribution in [0.5, 0.6) is 0 Å². The Balaban J connectivity index is 2.40. The van der Waals surface area contributed by atoms with Gasteiger partial charge >= 0.3 is 6.79 Å². The lowest BCUT2D eigenvalue weighted by atomic mass is 10.2. The van der Waals surface area contributed by atoms with Crippen molar-refractivity contribution >= 4 is 0 Å². The van der Waals surface area contributed by atoms with Gasteiger partial charge in [-0.25, -0.2) is 0 Å². The highest BCUT2D eigenvalue weighted by Gasteiger charge is 2.33. The molecule has 0 aromatic heterocycles. The average molecular weight is 102 g/mol. The second kappa shape index (κ2) is 1.46. The minimum absolute atomic E-state index is 0.0278. The van der Waals surface area contributed by atoms with Crippen molar-refractivity contribution in [3.63, 3.8) is 0 Å². The van der Waals surface area contributed by atoms with Crippen LogP contribution in [-0.4, -0.2) is 19.0 Å². The lowest BCUT2D eigenvalue weighted by molar-refractivity contribution is 0.0121. The quantitative estimate of drug-likeness (QED) is 0.421. The zero-order chi connectivity index (χ0) is 5.33. The first kappa shape index (κ1) is 5.06. The van der Waals surface area contributed by atoms with Gasteiger partial charge in [0.25, 0.3) is 6.61 Å². The van der Waals surface area contributed by atoms with Crippen molar-refractivity contribution in [1.82, 2.24) is 0 Å². The molecule has 0 aromatic carbocycles. The molecule has 1 aliphatic heterocycles. The Kier molecular flexibility index (Phi) is 1.05. The number of ether oxygens (including phenoxy) is 2. The predicted molar refractivity (Wildman–Crippen MR) is 26.0 cm³/mol. The van der Waals surface area contributed by atoms with E-state index in [-0.39, 0.29) is 5.60 Å². The van der Waals surface area contributed by atoms with Crippen molar-refractivity contribution in [1.29, 1.82) is 0 Å². The summed E-state index contributed by atoms with van der Waals surface area (Å²) < 4.78 is 10.1. The smallest absolute Gasteiger partial charge is 0.295 e. The highest BCUT2D eigenvalue weighted by Crippen LogP contribution is 2.14. The SMILES string of the molecule is CC1(C)C[O+]CO1. The van der Waals surface area contributed by atoms with E-state index < -0.39 is 0 Å². The summed E-state index contributed by atoms with van der Waals surface area (Å²) in [6.07, 6.45) is 0. The summed E-state index contributed by atoms with van der Waals surface area (Å²) in [5.74, 6) is 0. The van der Waals surface area contributed by atoms with E-state index in [1.807, 2.05) is 13.8 Å². The maximum Gasteiger partial charge on any atom is 0.328 e. The molecular formula is C5H10O2+. The van der Waals surface area contributed by atoms with Crippen LogP contribution in [0, 0.1) is 0 Å². The molecule has 0 N–H and O–H groups in total. The minimum atomic E-state index is -0.0278. The molecule has 1 fully saturated rings. The van der Waals surface area contributed by atoms with Crippen molar-refractivity contribution in [3.05, 3.63) is 0 Å². The number of hydrogen-bond donors (Lipinski definition) is 0. The highest BCUT2D eigenvalue weighted by molar-refractivity contribution is 4.69. The summed E-state index contributed by atoms with van der Waals surface area (Å²) in [6.45, 7) is 5.22. The van der Waals surface area contributed by atoms with E-state index >= 15 is 0 Å². The van der Waals surface area contributed by atoms with Gasteiger partial charge in [-0.05, 0) is 13.8 Å². The van der Waals surface area contributed by atoms with Gasteiger partial charge in [-0.15, -0.1) is 4.74 Å². The van der Waals surface area contributed by atoms with Gasteiger partial charge in [-0.3, -0.25) is 4.74 Å². The van der Waals surface area contributed by atoms with Gasteiger partial charge in [-0.2, -0.15) is 0 Å². The molecular weight excluding hydrogens is 92.1 g/mol. The van der Waals surface area contributed by atoms with Crippen molar-refractivity contribution in [2.75, 3.05) is 13.4 Å². The number of rotatable bonds is 0. The summed E-state index contributed by atoms with van der Waals surface area (Å²) in [7, 11) is 0. The van der Waals surface area contributed by atoms with E-state index in [0.717, 1.165) is 6.61 Å². The second-order valence-electron chi connectivity index (χ2n) is 2.37. The summed E-state index contributed by atoms with van der Waals surface area (Å²) >= 11 is 0. The molecule has 41 valence electrons. The Morgan fingerprint density at radius 3 is 2.43 bits per heavy atom.